The molecule has 0 atom stereocenters. The van der Waals surface area contributed by atoms with Gasteiger partial charge in [-0.2, -0.15) is 5.10 Å². The number of rotatable bonds is 5. The van der Waals surface area contributed by atoms with Gasteiger partial charge in [0.2, 0.25) is 0 Å². The lowest BCUT2D eigenvalue weighted by atomic mass is 10.2. The van der Waals surface area contributed by atoms with Gasteiger partial charge in [0.1, 0.15) is 10.3 Å². The van der Waals surface area contributed by atoms with Gasteiger partial charge in [-0.05, 0) is 56.5 Å². The molecule has 0 fully saturated rings. The Morgan fingerprint density at radius 3 is 2.71 bits per heavy atom. The Kier molecular flexibility index (Phi) is 6.24. The van der Waals surface area contributed by atoms with Crippen LogP contribution in [0, 0.1) is 6.92 Å². The fraction of sp³-hybridized carbons (Fsp3) is 0.167. The number of benzene rings is 1. The van der Waals surface area contributed by atoms with E-state index in [2.05, 4.69) is 46.8 Å². The van der Waals surface area contributed by atoms with E-state index in [1.54, 1.807) is 18.2 Å². The molecule has 0 aliphatic carbocycles. The highest BCUT2D eigenvalue weighted by atomic mass is 79.9. The van der Waals surface area contributed by atoms with Gasteiger partial charge >= 0.3 is 7.82 Å². The highest BCUT2D eigenvalue weighted by molar-refractivity contribution is 9.13. The number of aromatic nitrogens is 2. The number of halogens is 3. The average Bonchev–Trinajstić information content (AvgIpc) is 2.74. The number of phosphoric acid groups is 1. The minimum atomic E-state index is -4.71. The van der Waals surface area contributed by atoms with Crippen LogP contribution in [0.15, 0.2) is 27.3 Å². The Bertz CT molecular complexity index is 838. The number of carbonyl (C=O) groups is 1. The molecule has 130 valence electrons. The predicted molar refractivity (Wildman–Crippen MR) is 94.9 cm³/mol. The van der Waals surface area contributed by atoms with E-state index >= 15 is 0 Å². The first-order valence-electron chi connectivity index (χ1n) is 6.28. The van der Waals surface area contributed by atoms with Crippen molar-refractivity contribution in [2.24, 2.45) is 0 Å². The summed E-state index contributed by atoms with van der Waals surface area (Å²) in [5.74, 6) is -0.583. The highest BCUT2D eigenvalue weighted by Gasteiger charge is 2.24. The van der Waals surface area contributed by atoms with E-state index in [1.165, 1.54) is 0 Å². The molecule has 2 aromatic rings. The molecule has 3 N–H and O–H groups in total. The Balaban J connectivity index is 2.29. The summed E-state index contributed by atoms with van der Waals surface area (Å²) in [5.41, 5.74) is 1.33. The Labute approximate surface area is 158 Å². The topological polar surface area (TPSA) is 114 Å². The molecule has 0 radical (unpaired) electrons. The first kappa shape index (κ1) is 19.6. The van der Waals surface area contributed by atoms with Crippen molar-refractivity contribution in [2.75, 3.05) is 5.32 Å². The van der Waals surface area contributed by atoms with Crippen LogP contribution in [0.5, 0.6) is 0 Å². The zero-order chi connectivity index (χ0) is 18.1. The molecule has 0 saturated heterocycles. The molecule has 1 aromatic heterocycles. The van der Waals surface area contributed by atoms with Crippen molar-refractivity contribution in [3.05, 3.63) is 43.6 Å². The van der Waals surface area contributed by atoms with Crippen molar-refractivity contribution in [1.82, 2.24) is 9.78 Å². The van der Waals surface area contributed by atoms with Crippen molar-refractivity contribution in [2.45, 2.75) is 13.7 Å². The summed E-state index contributed by atoms with van der Waals surface area (Å²) in [6, 6.07) is 5.11. The van der Waals surface area contributed by atoms with E-state index in [-0.39, 0.29) is 10.3 Å². The van der Waals surface area contributed by atoms with Crippen molar-refractivity contribution < 1.29 is 23.7 Å². The molecule has 0 bridgehead atoms. The maximum absolute atomic E-state index is 12.5. The summed E-state index contributed by atoms with van der Waals surface area (Å²) < 4.78 is 16.8. The third-order valence-electron chi connectivity index (χ3n) is 2.79. The summed E-state index contributed by atoms with van der Waals surface area (Å²) in [7, 11) is -4.71. The SMILES string of the molecule is Cc1ccc(NC(=O)c2c(Br)c(Br)nn2COP(=O)(O)O)c(Cl)c1. The first-order chi connectivity index (χ1) is 11.1. The molecule has 0 unspecified atom stereocenters. The molecule has 0 aliphatic rings. The minimum absolute atomic E-state index is 0.00645. The van der Waals surface area contributed by atoms with Gasteiger partial charge < -0.3 is 15.1 Å². The zero-order valence-corrected chi connectivity index (χ0v) is 16.9. The van der Waals surface area contributed by atoms with Crippen LogP contribution in [0.25, 0.3) is 0 Å². The van der Waals surface area contributed by atoms with E-state index in [4.69, 9.17) is 21.4 Å². The maximum atomic E-state index is 12.5. The quantitative estimate of drug-likeness (QED) is 0.537. The van der Waals surface area contributed by atoms with Crippen LogP contribution in [0.4, 0.5) is 5.69 Å². The molecule has 0 spiro atoms. The molecule has 0 aliphatic heterocycles. The second kappa shape index (κ2) is 7.65. The summed E-state index contributed by atoms with van der Waals surface area (Å²) in [6.45, 7) is 1.25. The molecule has 1 heterocycles. The van der Waals surface area contributed by atoms with E-state index in [0.717, 1.165) is 10.2 Å². The molecule has 1 aromatic carbocycles. The van der Waals surface area contributed by atoms with E-state index in [1.807, 2.05) is 6.92 Å². The lowest BCUT2D eigenvalue weighted by Gasteiger charge is -2.11. The van der Waals surface area contributed by atoms with Crippen LogP contribution >= 0.6 is 51.3 Å². The second-order valence-corrected chi connectivity index (χ2v) is 7.83. The number of phosphoric ester groups is 1. The number of hydrogen-bond donors (Lipinski definition) is 3. The fourth-order valence-corrected chi connectivity index (χ4v) is 3.14. The normalized spacial score (nSPS) is 11.6. The molecular formula is C12H11Br2ClN3O5P. The fourth-order valence-electron chi connectivity index (χ4n) is 1.75. The highest BCUT2D eigenvalue weighted by Crippen LogP contribution is 2.37. The van der Waals surface area contributed by atoms with Crippen LogP contribution < -0.4 is 5.32 Å². The summed E-state index contributed by atoms with van der Waals surface area (Å²) in [5, 5.41) is 6.91. The predicted octanol–water partition coefficient (Wildman–Crippen LogP) is 3.69. The average molecular weight is 503 g/mol. The van der Waals surface area contributed by atoms with Gasteiger partial charge in [-0.15, -0.1) is 0 Å². The minimum Gasteiger partial charge on any atom is -0.319 e. The smallest absolute Gasteiger partial charge is 0.319 e. The number of aryl methyl sites for hydroxylation is 1. The molecule has 12 heteroatoms. The second-order valence-electron chi connectivity index (χ2n) is 4.64. The summed E-state index contributed by atoms with van der Waals surface area (Å²) in [4.78, 5) is 30.1. The van der Waals surface area contributed by atoms with Gasteiger partial charge in [-0.3, -0.25) is 9.32 Å². The third-order valence-corrected chi connectivity index (χ3v) is 5.39. The monoisotopic (exact) mass is 501 g/mol. The molecule has 2 rings (SSSR count). The molecule has 1 amide bonds. The van der Waals surface area contributed by atoms with E-state index < -0.39 is 20.5 Å². The number of hydrogen-bond acceptors (Lipinski definition) is 4. The number of carbonyl (C=O) groups excluding carboxylic acids is 1. The molecular weight excluding hydrogens is 492 g/mol. The van der Waals surface area contributed by atoms with Gasteiger partial charge in [0.05, 0.1) is 15.2 Å². The van der Waals surface area contributed by atoms with Crippen molar-refractivity contribution in [3.8, 4) is 0 Å². The summed E-state index contributed by atoms with van der Waals surface area (Å²) in [6.07, 6.45) is 0. The van der Waals surface area contributed by atoms with Crippen LogP contribution in [0.1, 0.15) is 16.1 Å². The van der Waals surface area contributed by atoms with Gasteiger partial charge in [0.25, 0.3) is 5.91 Å². The first-order valence-corrected chi connectivity index (χ1v) is 9.77. The number of amides is 1. The zero-order valence-electron chi connectivity index (χ0n) is 12.0. The molecule has 24 heavy (non-hydrogen) atoms. The van der Waals surface area contributed by atoms with Gasteiger partial charge in [-0.25, -0.2) is 9.25 Å². The van der Waals surface area contributed by atoms with Crippen molar-refractivity contribution >= 4 is 62.9 Å². The van der Waals surface area contributed by atoms with Gasteiger partial charge in [0, 0.05) is 0 Å². The number of anilines is 1. The van der Waals surface area contributed by atoms with Gasteiger partial charge in [-0.1, -0.05) is 17.7 Å². The Morgan fingerprint density at radius 1 is 1.46 bits per heavy atom. The standard InChI is InChI=1S/C12H11Br2ClN3O5P/c1-6-2-3-8(7(15)4-6)16-12(19)10-9(13)11(14)17-18(10)5-23-24(20,21)22/h2-4H,5H2,1H3,(H,16,19)(H2,20,21,22). The maximum Gasteiger partial charge on any atom is 0.471 e. The molecule has 0 saturated carbocycles. The van der Waals surface area contributed by atoms with Crippen LogP contribution in [0.3, 0.4) is 0 Å². The lowest BCUT2D eigenvalue weighted by molar-refractivity contribution is 0.0986. The third kappa shape index (κ3) is 4.89. The van der Waals surface area contributed by atoms with Crippen LogP contribution in [0.2, 0.25) is 5.02 Å². The van der Waals surface area contributed by atoms with Crippen LogP contribution in [-0.2, 0) is 15.8 Å². The van der Waals surface area contributed by atoms with Crippen LogP contribution in [-0.4, -0.2) is 25.5 Å². The summed E-state index contributed by atoms with van der Waals surface area (Å²) >= 11 is 12.4. The Morgan fingerprint density at radius 2 is 2.12 bits per heavy atom. The van der Waals surface area contributed by atoms with E-state index in [0.29, 0.717) is 15.2 Å². The van der Waals surface area contributed by atoms with Crippen molar-refractivity contribution in [3.63, 3.8) is 0 Å². The van der Waals surface area contributed by atoms with Gasteiger partial charge in [0.15, 0.2) is 6.73 Å². The van der Waals surface area contributed by atoms with Crippen molar-refractivity contribution in [1.29, 1.82) is 0 Å². The number of nitrogens with one attached hydrogen (secondary N) is 1. The largest absolute Gasteiger partial charge is 0.471 e. The lowest BCUT2D eigenvalue weighted by Crippen LogP contribution is -2.19. The molecule has 8 nitrogen and oxygen atoms in total. The number of nitrogens with zero attached hydrogens (tertiary/aromatic N) is 2. The Hall–Kier alpha value is -0.740. The van der Waals surface area contributed by atoms with E-state index in [9.17, 15) is 9.36 Å².